The van der Waals surface area contributed by atoms with Crippen LogP contribution in [0, 0.1) is 5.92 Å². The molecule has 1 aliphatic rings. The summed E-state index contributed by atoms with van der Waals surface area (Å²) in [5.41, 5.74) is 9.07. The van der Waals surface area contributed by atoms with Gasteiger partial charge in [0.25, 0.3) is 0 Å². The smallest absolute Gasteiger partial charge is 0.223 e. The number of hydrogen-bond donors (Lipinski definition) is 1. The van der Waals surface area contributed by atoms with Crippen LogP contribution < -0.4 is 5.73 Å². The number of para-hydroxylation sites is 1. The van der Waals surface area contributed by atoms with Gasteiger partial charge in [-0.3, -0.25) is 9.59 Å². The molecule has 1 unspecified atom stereocenters. The molecule has 0 aliphatic carbocycles. The Balaban J connectivity index is 1.58. The van der Waals surface area contributed by atoms with Crippen molar-refractivity contribution in [2.75, 3.05) is 13.1 Å². The van der Waals surface area contributed by atoms with Crippen LogP contribution in [0.2, 0.25) is 0 Å². The molecular formula is C25H29N3O2. The molecule has 0 saturated carbocycles. The Kier molecular flexibility index (Phi) is 5.88. The van der Waals surface area contributed by atoms with E-state index >= 15 is 0 Å². The van der Waals surface area contributed by atoms with Crippen LogP contribution in [-0.2, 0) is 23.1 Å². The maximum Gasteiger partial charge on any atom is 0.223 e. The van der Waals surface area contributed by atoms with E-state index in [1.165, 1.54) is 22.0 Å². The number of nitrogens with zero attached hydrogens (tertiary/aromatic N) is 2. The molecule has 1 aliphatic heterocycles. The van der Waals surface area contributed by atoms with E-state index in [-0.39, 0.29) is 23.7 Å². The van der Waals surface area contributed by atoms with Gasteiger partial charge in [-0.25, -0.2) is 0 Å². The van der Waals surface area contributed by atoms with Crippen LogP contribution in [0.5, 0.6) is 0 Å². The third-order valence-corrected chi connectivity index (χ3v) is 6.36. The summed E-state index contributed by atoms with van der Waals surface area (Å²) in [5, 5.41) is 1.21. The van der Waals surface area contributed by atoms with Crippen LogP contribution in [0.1, 0.15) is 36.3 Å². The van der Waals surface area contributed by atoms with Gasteiger partial charge in [-0.05, 0) is 42.4 Å². The second kappa shape index (κ2) is 8.74. The topological polar surface area (TPSA) is 68.3 Å². The Morgan fingerprint density at radius 2 is 1.70 bits per heavy atom. The summed E-state index contributed by atoms with van der Waals surface area (Å²) >= 11 is 0. The zero-order valence-corrected chi connectivity index (χ0v) is 17.5. The summed E-state index contributed by atoms with van der Waals surface area (Å²) in [6.45, 7) is 1.22. The first-order valence-corrected chi connectivity index (χ1v) is 10.7. The van der Waals surface area contributed by atoms with Crippen molar-refractivity contribution in [3.63, 3.8) is 0 Å². The van der Waals surface area contributed by atoms with E-state index in [1.54, 1.807) is 0 Å². The highest BCUT2D eigenvalue weighted by molar-refractivity contribution is 5.86. The first kappa shape index (κ1) is 20.2. The van der Waals surface area contributed by atoms with E-state index < -0.39 is 0 Å². The average Bonchev–Trinajstić information content (AvgIpc) is 3.11. The van der Waals surface area contributed by atoms with Gasteiger partial charge in [0.05, 0.1) is 0 Å². The van der Waals surface area contributed by atoms with Crippen molar-refractivity contribution in [2.24, 2.45) is 18.7 Å². The normalized spacial score (nSPS) is 16.0. The Morgan fingerprint density at radius 3 is 2.40 bits per heavy atom. The minimum atomic E-state index is -0.250. The van der Waals surface area contributed by atoms with Crippen molar-refractivity contribution >= 4 is 22.7 Å². The van der Waals surface area contributed by atoms with Crippen LogP contribution in [0.3, 0.4) is 0 Å². The number of piperidine rings is 1. The number of fused-ring (bicyclic) bond motifs is 1. The number of aromatic nitrogens is 1. The first-order valence-electron chi connectivity index (χ1n) is 10.7. The van der Waals surface area contributed by atoms with E-state index in [1.807, 2.05) is 29.2 Å². The molecular weight excluding hydrogens is 374 g/mol. The lowest BCUT2D eigenvalue weighted by atomic mass is 9.88. The molecule has 0 spiro atoms. The quantitative estimate of drug-likeness (QED) is 0.683. The van der Waals surface area contributed by atoms with Gasteiger partial charge in [0.1, 0.15) is 0 Å². The van der Waals surface area contributed by atoms with Gasteiger partial charge in [0, 0.05) is 49.6 Å². The fourth-order valence-electron chi connectivity index (χ4n) is 4.64. The van der Waals surface area contributed by atoms with E-state index in [4.69, 9.17) is 5.73 Å². The van der Waals surface area contributed by atoms with Crippen molar-refractivity contribution in [3.8, 4) is 0 Å². The van der Waals surface area contributed by atoms with Crippen molar-refractivity contribution in [2.45, 2.75) is 31.6 Å². The largest absolute Gasteiger partial charge is 0.369 e. The molecule has 2 N–H and O–H groups in total. The van der Waals surface area contributed by atoms with Gasteiger partial charge in [-0.1, -0.05) is 48.5 Å². The molecule has 1 saturated heterocycles. The lowest BCUT2D eigenvalue weighted by Crippen LogP contribution is -2.42. The molecule has 2 amide bonds. The van der Waals surface area contributed by atoms with Crippen LogP contribution in [0.15, 0.2) is 60.8 Å². The second-order valence-electron chi connectivity index (χ2n) is 8.36. The molecule has 0 radical (unpaired) electrons. The monoisotopic (exact) mass is 403 g/mol. The van der Waals surface area contributed by atoms with Crippen molar-refractivity contribution in [1.29, 1.82) is 0 Å². The minimum Gasteiger partial charge on any atom is -0.369 e. The Hall–Kier alpha value is -3.08. The van der Waals surface area contributed by atoms with E-state index in [9.17, 15) is 9.59 Å². The van der Waals surface area contributed by atoms with Gasteiger partial charge < -0.3 is 15.2 Å². The summed E-state index contributed by atoms with van der Waals surface area (Å²) in [4.78, 5) is 26.5. The number of primary amides is 1. The molecule has 156 valence electrons. The van der Waals surface area contributed by atoms with Gasteiger partial charge in [-0.15, -0.1) is 0 Å². The van der Waals surface area contributed by atoms with E-state index in [0.717, 1.165) is 6.42 Å². The highest BCUT2D eigenvalue weighted by Gasteiger charge is 2.28. The molecule has 1 atom stereocenters. The predicted molar refractivity (Wildman–Crippen MR) is 119 cm³/mol. The number of carbonyl (C=O) groups excluding carboxylic acids is 2. The lowest BCUT2D eigenvalue weighted by Gasteiger charge is -2.31. The predicted octanol–water partition coefficient (Wildman–Crippen LogP) is 3.62. The highest BCUT2D eigenvalue weighted by atomic mass is 16.2. The van der Waals surface area contributed by atoms with Crippen molar-refractivity contribution in [1.82, 2.24) is 9.47 Å². The van der Waals surface area contributed by atoms with Crippen LogP contribution in [0.4, 0.5) is 0 Å². The number of hydrogen-bond acceptors (Lipinski definition) is 2. The number of benzene rings is 2. The number of nitrogens with two attached hydrogens (primary N) is 1. The van der Waals surface area contributed by atoms with Crippen LogP contribution in [-0.4, -0.2) is 34.4 Å². The maximum absolute atomic E-state index is 13.2. The summed E-state index contributed by atoms with van der Waals surface area (Å²) in [5.74, 6) is -0.0984. The standard InChI is InChI=1S/C25H29N3O2/c1-27-17-22(21-9-5-6-10-23(21)27)20(15-18-7-3-2-4-8-18)16-24(29)28-13-11-19(12-14-28)25(26)30/h2-10,17,19-20H,11-16H2,1H3,(H2,26,30). The number of likely N-dealkylation sites (tertiary alicyclic amines) is 1. The Bertz CT molecular complexity index is 1030. The molecule has 1 aromatic heterocycles. The van der Waals surface area contributed by atoms with Gasteiger partial charge >= 0.3 is 0 Å². The van der Waals surface area contributed by atoms with Gasteiger partial charge in [-0.2, -0.15) is 0 Å². The zero-order valence-electron chi connectivity index (χ0n) is 17.5. The summed E-state index contributed by atoms with van der Waals surface area (Å²) in [7, 11) is 2.06. The Morgan fingerprint density at radius 1 is 1.03 bits per heavy atom. The first-order chi connectivity index (χ1) is 14.5. The highest BCUT2D eigenvalue weighted by Crippen LogP contribution is 2.33. The Labute approximate surface area is 177 Å². The second-order valence-corrected chi connectivity index (χ2v) is 8.36. The van der Waals surface area contributed by atoms with Gasteiger partial charge in [0.15, 0.2) is 0 Å². The minimum absolute atomic E-state index is 0.0971. The zero-order chi connectivity index (χ0) is 21.1. The molecule has 1 fully saturated rings. The molecule has 4 rings (SSSR count). The maximum atomic E-state index is 13.2. The number of amides is 2. The molecule has 30 heavy (non-hydrogen) atoms. The molecule has 5 heteroatoms. The van der Waals surface area contributed by atoms with Crippen molar-refractivity contribution in [3.05, 3.63) is 71.9 Å². The third-order valence-electron chi connectivity index (χ3n) is 6.36. The van der Waals surface area contributed by atoms with Gasteiger partial charge in [0.2, 0.25) is 11.8 Å². The molecule has 3 aromatic rings. The van der Waals surface area contributed by atoms with Crippen molar-refractivity contribution < 1.29 is 9.59 Å². The summed E-state index contributed by atoms with van der Waals surface area (Å²) in [6.07, 6.45) is 4.78. The fraction of sp³-hybridized carbons (Fsp3) is 0.360. The average molecular weight is 404 g/mol. The SMILES string of the molecule is Cn1cc(C(CC(=O)N2CCC(C(N)=O)CC2)Cc2ccccc2)c2ccccc21. The fourth-order valence-corrected chi connectivity index (χ4v) is 4.64. The number of aryl methyl sites for hydroxylation is 1. The van der Waals surface area contributed by atoms with Crippen LogP contribution >= 0.6 is 0 Å². The third kappa shape index (κ3) is 4.25. The van der Waals surface area contributed by atoms with Crippen LogP contribution in [0.25, 0.3) is 10.9 Å². The van der Waals surface area contributed by atoms with E-state index in [2.05, 4.69) is 48.1 Å². The molecule has 0 bridgehead atoms. The number of carbonyl (C=O) groups is 2. The summed E-state index contributed by atoms with van der Waals surface area (Å²) in [6, 6.07) is 18.7. The lowest BCUT2D eigenvalue weighted by molar-refractivity contribution is -0.135. The number of rotatable bonds is 6. The summed E-state index contributed by atoms with van der Waals surface area (Å²) < 4.78 is 2.14. The molecule has 2 heterocycles. The van der Waals surface area contributed by atoms with E-state index in [0.29, 0.717) is 32.4 Å². The molecule has 5 nitrogen and oxygen atoms in total. The molecule has 2 aromatic carbocycles.